The predicted octanol–water partition coefficient (Wildman–Crippen LogP) is 2.62. The van der Waals surface area contributed by atoms with E-state index in [1.54, 1.807) is 27.8 Å². The Morgan fingerprint density at radius 1 is 0.971 bits per heavy atom. The number of thioether (sulfide) groups is 1. The maximum absolute atomic E-state index is 12.8. The third-order valence-electron chi connectivity index (χ3n) is 5.20. The summed E-state index contributed by atoms with van der Waals surface area (Å²) in [5.41, 5.74) is 0.654. The summed E-state index contributed by atoms with van der Waals surface area (Å²) < 4.78 is 0. The molecule has 0 aliphatic rings. The predicted molar refractivity (Wildman–Crippen MR) is 137 cm³/mol. The van der Waals surface area contributed by atoms with E-state index in [2.05, 4.69) is 29.8 Å². The molecule has 0 saturated carbocycles. The molecule has 0 aromatic carbocycles. The summed E-state index contributed by atoms with van der Waals surface area (Å²) in [7, 11) is 1.77. The number of carboxylic acid groups (broad SMARTS) is 1. The van der Waals surface area contributed by atoms with Gasteiger partial charge in [0.1, 0.15) is 6.04 Å². The summed E-state index contributed by atoms with van der Waals surface area (Å²) >= 11 is 1.23. The van der Waals surface area contributed by atoms with E-state index in [0.29, 0.717) is 49.6 Å². The normalized spacial score (nSPS) is 13.9. The topological polar surface area (TPSA) is 148 Å². The van der Waals surface area contributed by atoms with Gasteiger partial charge in [-0.2, -0.15) is 0 Å². The van der Waals surface area contributed by atoms with Crippen molar-refractivity contribution in [2.75, 3.05) is 19.3 Å². The van der Waals surface area contributed by atoms with Gasteiger partial charge in [0.15, 0.2) is 5.78 Å². The molecule has 9 nitrogen and oxygen atoms in total. The number of carboxylic acids is 1. The van der Waals surface area contributed by atoms with E-state index in [1.807, 2.05) is 0 Å². The summed E-state index contributed by atoms with van der Waals surface area (Å²) in [6.07, 6.45) is 2.42. The summed E-state index contributed by atoms with van der Waals surface area (Å²) in [5.74, 6) is -1.41. The van der Waals surface area contributed by atoms with Gasteiger partial charge in [-0.25, -0.2) is 0 Å². The Morgan fingerprint density at radius 2 is 1.59 bits per heavy atom. The molecule has 2 amide bonds. The molecule has 0 spiro atoms. The molecule has 10 heteroatoms. The lowest BCUT2D eigenvalue weighted by Gasteiger charge is -2.24. The van der Waals surface area contributed by atoms with Crippen molar-refractivity contribution < 1.29 is 24.3 Å². The highest BCUT2D eigenvalue weighted by molar-refractivity contribution is 8.00. The Hall–Kier alpha value is -1.94. The van der Waals surface area contributed by atoms with Crippen molar-refractivity contribution in [1.29, 1.82) is 5.41 Å². The number of carbonyl (C=O) groups excluding carboxylic acids is 3. The monoisotopic (exact) mass is 500 g/mol. The van der Waals surface area contributed by atoms with Gasteiger partial charge in [0.05, 0.1) is 17.7 Å². The van der Waals surface area contributed by atoms with Crippen LogP contribution in [0.1, 0.15) is 73.1 Å². The first-order chi connectivity index (χ1) is 15.9. The van der Waals surface area contributed by atoms with E-state index in [9.17, 15) is 24.3 Å². The standard InChI is InChI=1S/C24H44N4O5S/c1-7-18(23(32)28-19(10-11-26-6)22(31)16(4)5)27-24(33)20(14-21(29)30)34-12-8-9-17(25)13-15(2)3/h15-16,18-20,25-26H,7-14H2,1-6H3,(H,27,33)(H,28,32)(H,29,30). The SMILES string of the molecule is CCC(NC(=O)C(CC(=O)O)SCCCC(=N)CC(C)C)C(=O)NC(CCNC)C(=O)C(C)C. The third-order valence-corrected chi connectivity index (χ3v) is 6.51. The van der Waals surface area contributed by atoms with Gasteiger partial charge in [-0.15, -0.1) is 11.8 Å². The number of hydrogen-bond donors (Lipinski definition) is 5. The van der Waals surface area contributed by atoms with E-state index in [1.165, 1.54) is 11.8 Å². The Kier molecular flexibility index (Phi) is 16.5. The zero-order valence-corrected chi connectivity index (χ0v) is 22.3. The average molecular weight is 501 g/mol. The molecule has 0 aliphatic heterocycles. The van der Waals surface area contributed by atoms with Gasteiger partial charge in [-0.05, 0) is 57.4 Å². The van der Waals surface area contributed by atoms with Crippen LogP contribution in [0.25, 0.3) is 0 Å². The molecule has 0 fully saturated rings. The first-order valence-electron chi connectivity index (χ1n) is 12.1. The summed E-state index contributed by atoms with van der Waals surface area (Å²) in [6, 6.07) is -1.52. The van der Waals surface area contributed by atoms with Crippen LogP contribution in [0.4, 0.5) is 0 Å². The van der Waals surface area contributed by atoms with E-state index >= 15 is 0 Å². The first-order valence-corrected chi connectivity index (χ1v) is 13.2. The van der Waals surface area contributed by atoms with Gasteiger partial charge >= 0.3 is 5.97 Å². The number of hydrogen-bond acceptors (Lipinski definition) is 7. The van der Waals surface area contributed by atoms with Crippen LogP contribution in [0.2, 0.25) is 0 Å². The van der Waals surface area contributed by atoms with Crippen LogP contribution in [0, 0.1) is 17.2 Å². The number of rotatable bonds is 19. The van der Waals surface area contributed by atoms with E-state index in [-0.39, 0.29) is 18.1 Å². The average Bonchev–Trinajstić information content (AvgIpc) is 2.75. The van der Waals surface area contributed by atoms with Crippen LogP contribution in [-0.2, 0) is 19.2 Å². The van der Waals surface area contributed by atoms with Crippen molar-refractivity contribution in [3.8, 4) is 0 Å². The molecule has 0 saturated heterocycles. The number of ketones is 1. The highest BCUT2D eigenvalue weighted by Crippen LogP contribution is 2.18. The number of Topliss-reactive ketones (excluding diaryl/α,β-unsaturated/α-hetero) is 1. The van der Waals surface area contributed by atoms with Crippen molar-refractivity contribution in [2.45, 2.75) is 90.5 Å². The first kappa shape index (κ1) is 32.1. The zero-order chi connectivity index (χ0) is 26.3. The van der Waals surface area contributed by atoms with Crippen molar-refractivity contribution >= 4 is 41.0 Å². The largest absolute Gasteiger partial charge is 0.481 e. The molecule has 5 N–H and O–H groups in total. The molecule has 0 rings (SSSR count). The highest BCUT2D eigenvalue weighted by atomic mass is 32.2. The number of aliphatic carboxylic acids is 1. The van der Waals surface area contributed by atoms with Gasteiger partial charge in [0, 0.05) is 11.6 Å². The molecular formula is C24H44N4O5S. The van der Waals surface area contributed by atoms with Crippen LogP contribution in [0.3, 0.4) is 0 Å². The van der Waals surface area contributed by atoms with Gasteiger partial charge in [0.2, 0.25) is 11.8 Å². The van der Waals surface area contributed by atoms with Crippen LogP contribution in [0.5, 0.6) is 0 Å². The maximum Gasteiger partial charge on any atom is 0.305 e. The summed E-state index contributed by atoms with van der Waals surface area (Å²) in [5, 5.41) is 24.8. The van der Waals surface area contributed by atoms with Crippen LogP contribution < -0.4 is 16.0 Å². The van der Waals surface area contributed by atoms with Crippen molar-refractivity contribution in [3.05, 3.63) is 0 Å². The van der Waals surface area contributed by atoms with Gasteiger partial charge < -0.3 is 26.5 Å². The van der Waals surface area contributed by atoms with E-state index < -0.39 is 35.1 Å². The van der Waals surface area contributed by atoms with Gasteiger partial charge in [-0.1, -0.05) is 34.6 Å². The Labute approximate surface area is 208 Å². The zero-order valence-electron chi connectivity index (χ0n) is 21.5. The molecule has 0 bridgehead atoms. The molecule has 3 atom stereocenters. The summed E-state index contributed by atoms with van der Waals surface area (Å²) in [4.78, 5) is 49.5. The van der Waals surface area contributed by atoms with Crippen LogP contribution in [-0.4, -0.2) is 71.1 Å². The fraction of sp³-hybridized carbons (Fsp3) is 0.792. The number of amides is 2. The minimum Gasteiger partial charge on any atom is -0.481 e. The molecule has 0 aliphatic carbocycles. The van der Waals surface area contributed by atoms with E-state index in [0.717, 1.165) is 6.42 Å². The second-order valence-electron chi connectivity index (χ2n) is 9.24. The third kappa shape index (κ3) is 13.7. The van der Waals surface area contributed by atoms with E-state index in [4.69, 9.17) is 5.41 Å². The lowest BCUT2D eigenvalue weighted by molar-refractivity contribution is -0.138. The lowest BCUT2D eigenvalue weighted by atomic mass is 9.98. The fourth-order valence-electron chi connectivity index (χ4n) is 3.36. The fourth-order valence-corrected chi connectivity index (χ4v) is 4.43. The maximum atomic E-state index is 12.8. The second kappa shape index (κ2) is 17.5. The van der Waals surface area contributed by atoms with Crippen molar-refractivity contribution in [3.63, 3.8) is 0 Å². The molecule has 0 aromatic rings. The minimum absolute atomic E-state index is 0.0767. The van der Waals surface area contributed by atoms with Gasteiger partial charge in [-0.3, -0.25) is 19.2 Å². The Morgan fingerprint density at radius 3 is 2.09 bits per heavy atom. The van der Waals surface area contributed by atoms with Crippen molar-refractivity contribution in [1.82, 2.24) is 16.0 Å². The van der Waals surface area contributed by atoms with Gasteiger partial charge in [0.25, 0.3) is 0 Å². The molecule has 0 aromatic heterocycles. The van der Waals surface area contributed by atoms with Crippen molar-refractivity contribution in [2.24, 2.45) is 11.8 Å². The lowest BCUT2D eigenvalue weighted by Crippen LogP contribution is -2.53. The Balaban J connectivity index is 5.04. The molecule has 196 valence electrons. The van der Waals surface area contributed by atoms with Crippen LogP contribution in [0.15, 0.2) is 0 Å². The summed E-state index contributed by atoms with van der Waals surface area (Å²) in [6.45, 7) is 9.96. The van der Waals surface area contributed by atoms with Crippen LogP contribution >= 0.6 is 11.8 Å². The second-order valence-corrected chi connectivity index (χ2v) is 10.6. The molecule has 0 heterocycles. The molecule has 34 heavy (non-hydrogen) atoms. The Bertz CT molecular complexity index is 684. The molecule has 3 unspecified atom stereocenters. The highest BCUT2D eigenvalue weighted by Gasteiger charge is 2.29. The smallest absolute Gasteiger partial charge is 0.305 e. The molecule has 0 radical (unpaired) electrons. The number of nitrogens with one attached hydrogen (secondary N) is 4. The number of carbonyl (C=O) groups is 4. The molecular weight excluding hydrogens is 456 g/mol. The minimum atomic E-state index is -1.09. The quantitative estimate of drug-likeness (QED) is 0.135.